The van der Waals surface area contributed by atoms with Gasteiger partial charge < -0.3 is 21.3 Å². The Morgan fingerprint density at radius 1 is 1.02 bits per heavy atom. The Morgan fingerprint density at radius 3 is 2.17 bits per heavy atom. The number of benzene rings is 1. The van der Waals surface area contributed by atoms with Gasteiger partial charge in [-0.15, -0.1) is 12.4 Å². The molecule has 220 valence electrons. The first kappa shape index (κ1) is 31.5. The van der Waals surface area contributed by atoms with Crippen molar-refractivity contribution in [2.45, 2.75) is 70.6 Å². The number of nitrogens with two attached hydrogens (primary N) is 2. The Bertz CT molecular complexity index is 1200. The van der Waals surface area contributed by atoms with Crippen LogP contribution in [0.25, 0.3) is 5.69 Å². The molecule has 0 bridgehead atoms. The highest BCUT2D eigenvalue weighted by Gasteiger charge is 2.31. The van der Waals surface area contributed by atoms with Crippen LogP contribution in [-0.2, 0) is 11.3 Å². The zero-order chi connectivity index (χ0) is 28.2. The van der Waals surface area contributed by atoms with Crippen molar-refractivity contribution in [3.05, 3.63) is 52.6 Å². The molecule has 40 heavy (non-hydrogen) atoms. The number of carbonyl (C=O) groups excluding carboxylic acids is 2. The van der Waals surface area contributed by atoms with Crippen LogP contribution in [0.4, 0.5) is 10.6 Å². The second kappa shape index (κ2) is 13.6. The van der Waals surface area contributed by atoms with Gasteiger partial charge in [0, 0.05) is 51.0 Å². The SMILES string of the molecule is CCN(Cc1ccc(-n2ccc(NC(=O)N3CCN(C(=O)C(C)(C)N)CC3)nc2=O)cc1)[C@H]1CC[C@H](N)CC1.Cl. The number of hydrogen-bond donors (Lipinski definition) is 3. The second-order valence-corrected chi connectivity index (χ2v) is 11.2. The van der Waals surface area contributed by atoms with Gasteiger partial charge in [0.15, 0.2) is 0 Å². The van der Waals surface area contributed by atoms with E-state index in [-0.39, 0.29) is 30.2 Å². The Labute approximate surface area is 242 Å². The molecule has 0 spiro atoms. The molecule has 11 nitrogen and oxygen atoms in total. The van der Waals surface area contributed by atoms with E-state index >= 15 is 0 Å². The summed E-state index contributed by atoms with van der Waals surface area (Å²) in [6.45, 7) is 8.95. The summed E-state index contributed by atoms with van der Waals surface area (Å²) in [7, 11) is 0. The molecule has 5 N–H and O–H groups in total. The van der Waals surface area contributed by atoms with Crippen molar-refractivity contribution in [3.63, 3.8) is 0 Å². The van der Waals surface area contributed by atoms with Crippen LogP contribution in [0.15, 0.2) is 41.3 Å². The third kappa shape index (κ3) is 7.81. The first-order chi connectivity index (χ1) is 18.5. The van der Waals surface area contributed by atoms with Gasteiger partial charge in [0.1, 0.15) is 5.82 Å². The van der Waals surface area contributed by atoms with E-state index in [2.05, 4.69) is 22.1 Å². The van der Waals surface area contributed by atoms with Gasteiger partial charge in [0.25, 0.3) is 0 Å². The van der Waals surface area contributed by atoms with Crippen LogP contribution in [0.1, 0.15) is 52.0 Å². The van der Waals surface area contributed by atoms with E-state index < -0.39 is 11.2 Å². The van der Waals surface area contributed by atoms with E-state index in [1.165, 1.54) is 10.1 Å². The van der Waals surface area contributed by atoms with Gasteiger partial charge in [-0.25, -0.2) is 9.59 Å². The minimum atomic E-state index is -0.946. The molecule has 2 aromatic rings. The highest BCUT2D eigenvalue weighted by molar-refractivity contribution is 5.89. The average Bonchev–Trinajstić information content (AvgIpc) is 2.92. The quantitative estimate of drug-likeness (QED) is 0.460. The number of hydrogen-bond acceptors (Lipinski definition) is 7. The number of urea groups is 1. The molecular weight excluding hydrogens is 532 g/mol. The van der Waals surface area contributed by atoms with E-state index in [1.807, 2.05) is 24.3 Å². The van der Waals surface area contributed by atoms with Crippen LogP contribution in [0.5, 0.6) is 0 Å². The Kier molecular flexibility index (Phi) is 10.7. The van der Waals surface area contributed by atoms with Gasteiger partial charge >= 0.3 is 11.7 Å². The molecule has 1 aliphatic carbocycles. The average molecular weight is 575 g/mol. The summed E-state index contributed by atoms with van der Waals surface area (Å²) < 4.78 is 1.46. The monoisotopic (exact) mass is 574 g/mol. The van der Waals surface area contributed by atoms with Gasteiger partial charge in [0.05, 0.1) is 11.2 Å². The van der Waals surface area contributed by atoms with Crippen molar-refractivity contribution in [1.82, 2.24) is 24.3 Å². The number of anilines is 1. The van der Waals surface area contributed by atoms with Crippen LogP contribution in [0, 0.1) is 0 Å². The molecule has 1 saturated carbocycles. The number of piperazine rings is 1. The standard InChI is InChI=1S/C28H42N8O3.ClH/c1-4-33(22-11-7-21(29)8-12-22)19-20-5-9-23(10-6-20)36-14-13-24(32-27(36)39)31-26(38)35-17-15-34(16-18-35)25(37)28(2,3)30;/h5-6,9-10,13-14,21-22H,4,7-8,11-12,15-19,29-30H2,1-3H3,(H,31,32,38,39);1H/t21-,22-;. The summed E-state index contributed by atoms with van der Waals surface area (Å²) in [5.41, 5.74) is 12.5. The topological polar surface area (TPSA) is 143 Å². The van der Waals surface area contributed by atoms with Gasteiger partial charge in [0.2, 0.25) is 5.91 Å². The molecule has 12 heteroatoms. The van der Waals surface area contributed by atoms with Gasteiger partial charge in [-0.3, -0.25) is 19.6 Å². The lowest BCUT2D eigenvalue weighted by Gasteiger charge is -2.37. The molecule has 1 aromatic carbocycles. The predicted molar refractivity (Wildman–Crippen MR) is 159 cm³/mol. The third-order valence-corrected chi connectivity index (χ3v) is 7.71. The van der Waals surface area contributed by atoms with Gasteiger partial charge in [-0.1, -0.05) is 19.1 Å². The Hall–Kier alpha value is -2.99. The van der Waals surface area contributed by atoms with Crippen LogP contribution in [0.3, 0.4) is 0 Å². The smallest absolute Gasteiger partial charge is 0.338 e. The summed E-state index contributed by atoms with van der Waals surface area (Å²) in [6, 6.07) is 10.1. The van der Waals surface area contributed by atoms with E-state index in [0.29, 0.717) is 44.0 Å². The summed E-state index contributed by atoms with van der Waals surface area (Å²) in [5, 5.41) is 2.70. The minimum absolute atomic E-state index is 0. The van der Waals surface area contributed by atoms with Crippen LogP contribution >= 0.6 is 12.4 Å². The fraction of sp³-hybridized carbons (Fsp3) is 0.571. The molecule has 2 aliphatic rings. The number of amides is 3. The van der Waals surface area contributed by atoms with Crippen molar-refractivity contribution in [2.24, 2.45) is 11.5 Å². The first-order valence-electron chi connectivity index (χ1n) is 13.9. The number of rotatable bonds is 7. The van der Waals surface area contributed by atoms with Crippen LogP contribution in [-0.4, -0.2) is 86.5 Å². The molecule has 0 atom stereocenters. The molecular formula is C28H43ClN8O3. The Morgan fingerprint density at radius 2 is 1.62 bits per heavy atom. The van der Waals surface area contributed by atoms with Crippen molar-refractivity contribution in [1.29, 1.82) is 0 Å². The zero-order valence-corrected chi connectivity index (χ0v) is 24.5. The maximum Gasteiger partial charge on any atom is 0.354 e. The number of carbonyl (C=O) groups is 2. The highest BCUT2D eigenvalue weighted by atomic mass is 35.5. The molecule has 1 aliphatic heterocycles. The van der Waals surface area contributed by atoms with Crippen molar-refractivity contribution >= 4 is 30.2 Å². The second-order valence-electron chi connectivity index (χ2n) is 11.2. The predicted octanol–water partition coefficient (Wildman–Crippen LogP) is 2.16. The van der Waals surface area contributed by atoms with Crippen LogP contribution < -0.4 is 22.5 Å². The molecule has 2 heterocycles. The zero-order valence-electron chi connectivity index (χ0n) is 23.7. The number of nitrogens with zero attached hydrogens (tertiary/aromatic N) is 5. The molecule has 1 aromatic heterocycles. The molecule has 1 saturated heterocycles. The maximum atomic E-state index is 12.8. The number of halogens is 1. The summed E-state index contributed by atoms with van der Waals surface area (Å²) in [6.07, 6.45) is 6.05. The summed E-state index contributed by atoms with van der Waals surface area (Å²) in [5.74, 6) is 0.0447. The molecule has 4 rings (SSSR count). The largest absolute Gasteiger partial charge is 0.354 e. The van der Waals surface area contributed by atoms with E-state index in [0.717, 1.165) is 38.8 Å². The molecule has 3 amide bonds. The first-order valence-corrected chi connectivity index (χ1v) is 13.9. The van der Waals surface area contributed by atoms with Crippen molar-refractivity contribution in [3.8, 4) is 5.69 Å². The normalized spacial score (nSPS) is 19.8. The maximum absolute atomic E-state index is 12.8. The molecule has 0 radical (unpaired) electrons. The lowest BCUT2D eigenvalue weighted by molar-refractivity contribution is -0.137. The number of nitrogens with one attached hydrogen (secondary N) is 1. The summed E-state index contributed by atoms with van der Waals surface area (Å²) in [4.78, 5) is 47.7. The molecule has 2 fully saturated rings. The van der Waals surface area contributed by atoms with E-state index in [9.17, 15) is 14.4 Å². The fourth-order valence-corrected chi connectivity index (χ4v) is 5.34. The molecule has 0 unspecified atom stereocenters. The lowest BCUT2D eigenvalue weighted by Crippen LogP contribution is -2.58. The highest BCUT2D eigenvalue weighted by Crippen LogP contribution is 2.24. The number of aromatic nitrogens is 2. The Balaban J connectivity index is 0.00000441. The van der Waals surface area contributed by atoms with E-state index in [4.69, 9.17) is 11.5 Å². The third-order valence-electron chi connectivity index (χ3n) is 7.71. The minimum Gasteiger partial charge on any atom is -0.338 e. The van der Waals surface area contributed by atoms with Crippen molar-refractivity contribution in [2.75, 3.05) is 38.0 Å². The van der Waals surface area contributed by atoms with Crippen LogP contribution in [0.2, 0.25) is 0 Å². The van der Waals surface area contributed by atoms with Gasteiger partial charge in [-0.05, 0) is 69.8 Å². The van der Waals surface area contributed by atoms with Gasteiger partial charge in [-0.2, -0.15) is 4.98 Å². The lowest BCUT2D eigenvalue weighted by atomic mass is 9.90. The fourth-order valence-electron chi connectivity index (χ4n) is 5.34. The van der Waals surface area contributed by atoms with Crippen molar-refractivity contribution < 1.29 is 9.59 Å². The summed E-state index contributed by atoms with van der Waals surface area (Å²) >= 11 is 0. The van der Waals surface area contributed by atoms with E-state index in [1.54, 1.807) is 35.9 Å².